The highest BCUT2D eigenvalue weighted by Gasteiger charge is 2.18. The van der Waals surface area contributed by atoms with E-state index < -0.39 is 0 Å². The Kier molecular flexibility index (Phi) is 4.69. The zero-order valence-corrected chi connectivity index (χ0v) is 12.3. The van der Waals surface area contributed by atoms with Crippen molar-refractivity contribution in [2.24, 2.45) is 0 Å². The number of halogens is 1. The number of aromatic nitrogens is 2. The van der Waals surface area contributed by atoms with E-state index in [1.807, 2.05) is 32.0 Å². The topological polar surface area (TPSA) is 46.1 Å². The molecule has 0 spiro atoms. The molecule has 0 radical (unpaired) electrons. The van der Waals surface area contributed by atoms with Gasteiger partial charge in [-0.3, -0.25) is 14.8 Å². The Labute approximate surface area is 123 Å². The molecule has 0 fully saturated rings. The molecule has 0 atom stereocenters. The third kappa shape index (κ3) is 3.33. The molecule has 0 saturated heterocycles. The molecule has 20 heavy (non-hydrogen) atoms. The average molecular weight is 290 g/mol. The summed E-state index contributed by atoms with van der Waals surface area (Å²) in [6.07, 6.45) is 3.25. The van der Waals surface area contributed by atoms with Gasteiger partial charge in [0.15, 0.2) is 0 Å². The van der Waals surface area contributed by atoms with Gasteiger partial charge in [0.2, 0.25) is 0 Å². The Morgan fingerprint density at radius 2 is 2.15 bits per heavy atom. The third-order valence-corrected chi connectivity index (χ3v) is 3.28. The molecule has 1 amide bonds. The third-order valence-electron chi connectivity index (χ3n) is 2.97. The number of carbonyl (C=O) groups excluding carboxylic acids is 1. The van der Waals surface area contributed by atoms with Crippen LogP contribution in [-0.4, -0.2) is 27.3 Å². The number of aryl methyl sites for hydroxylation is 1. The van der Waals surface area contributed by atoms with Crippen molar-refractivity contribution in [3.8, 4) is 0 Å². The Morgan fingerprint density at radius 1 is 1.35 bits per heavy atom. The van der Waals surface area contributed by atoms with E-state index in [4.69, 9.17) is 11.6 Å². The Bertz CT molecular complexity index is 601. The minimum Gasteiger partial charge on any atom is -0.333 e. The summed E-state index contributed by atoms with van der Waals surface area (Å²) in [4.78, 5) is 22.6. The van der Waals surface area contributed by atoms with Crippen LogP contribution in [0.25, 0.3) is 0 Å². The van der Waals surface area contributed by atoms with Crippen molar-refractivity contribution in [1.82, 2.24) is 14.9 Å². The second kappa shape index (κ2) is 6.48. The van der Waals surface area contributed by atoms with Crippen LogP contribution in [0.2, 0.25) is 5.02 Å². The Hall–Kier alpha value is -1.94. The van der Waals surface area contributed by atoms with Crippen molar-refractivity contribution in [1.29, 1.82) is 0 Å². The standard InChI is InChI=1S/C15H16ClN3O/c1-3-19(10-12-6-4-5-7-17-12)15(20)13-9-18-11(2)8-14(13)16/h4-9H,3,10H2,1-2H3. The van der Waals surface area contributed by atoms with E-state index in [2.05, 4.69) is 9.97 Å². The monoisotopic (exact) mass is 289 g/mol. The summed E-state index contributed by atoms with van der Waals surface area (Å²) < 4.78 is 0. The van der Waals surface area contributed by atoms with E-state index in [0.717, 1.165) is 11.4 Å². The van der Waals surface area contributed by atoms with Gasteiger partial charge in [-0.05, 0) is 32.0 Å². The number of hydrogen-bond acceptors (Lipinski definition) is 3. The van der Waals surface area contributed by atoms with Crippen LogP contribution in [0.4, 0.5) is 0 Å². The lowest BCUT2D eigenvalue weighted by molar-refractivity contribution is 0.0750. The van der Waals surface area contributed by atoms with Crippen molar-refractivity contribution >= 4 is 17.5 Å². The summed E-state index contributed by atoms with van der Waals surface area (Å²) in [5.41, 5.74) is 2.06. The second-order valence-corrected chi connectivity index (χ2v) is 4.85. The number of carbonyl (C=O) groups is 1. The molecule has 5 heteroatoms. The maximum atomic E-state index is 12.5. The maximum Gasteiger partial charge on any atom is 0.257 e. The molecule has 0 aliphatic carbocycles. The van der Waals surface area contributed by atoms with Gasteiger partial charge in [-0.15, -0.1) is 0 Å². The maximum absolute atomic E-state index is 12.5. The van der Waals surface area contributed by atoms with Crippen molar-refractivity contribution in [2.75, 3.05) is 6.54 Å². The highest BCUT2D eigenvalue weighted by Crippen LogP contribution is 2.18. The number of nitrogens with zero attached hydrogens (tertiary/aromatic N) is 3. The smallest absolute Gasteiger partial charge is 0.257 e. The minimum atomic E-state index is -0.129. The van der Waals surface area contributed by atoms with Gasteiger partial charge < -0.3 is 4.90 Å². The molecule has 104 valence electrons. The average Bonchev–Trinajstić information content (AvgIpc) is 2.45. The first-order chi connectivity index (χ1) is 9.61. The second-order valence-electron chi connectivity index (χ2n) is 4.45. The van der Waals surface area contributed by atoms with E-state index >= 15 is 0 Å². The fourth-order valence-electron chi connectivity index (χ4n) is 1.87. The van der Waals surface area contributed by atoms with E-state index in [9.17, 15) is 4.79 Å². The number of pyridine rings is 2. The molecule has 0 aliphatic heterocycles. The highest BCUT2D eigenvalue weighted by atomic mass is 35.5. The van der Waals surface area contributed by atoms with Crippen LogP contribution < -0.4 is 0 Å². The molecule has 2 aromatic rings. The van der Waals surface area contributed by atoms with Gasteiger partial charge in [-0.25, -0.2) is 0 Å². The lowest BCUT2D eigenvalue weighted by Gasteiger charge is -2.21. The molecule has 0 unspecified atom stereocenters. The normalized spacial score (nSPS) is 10.3. The molecule has 2 rings (SSSR count). The molecule has 0 N–H and O–H groups in total. The van der Waals surface area contributed by atoms with Crippen LogP contribution in [0.5, 0.6) is 0 Å². The molecular weight excluding hydrogens is 274 g/mol. The first kappa shape index (κ1) is 14.5. The van der Waals surface area contributed by atoms with Crippen LogP contribution in [0.1, 0.15) is 28.7 Å². The van der Waals surface area contributed by atoms with Gasteiger partial charge in [0.05, 0.1) is 22.8 Å². The van der Waals surface area contributed by atoms with Crippen LogP contribution in [0, 0.1) is 6.92 Å². The van der Waals surface area contributed by atoms with Crippen LogP contribution >= 0.6 is 11.6 Å². The molecule has 2 heterocycles. The quantitative estimate of drug-likeness (QED) is 0.869. The number of rotatable bonds is 4. The molecule has 2 aromatic heterocycles. The van der Waals surface area contributed by atoms with Gasteiger partial charge in [0.1, 0.15) is 0 Å². The zero-order valence-electron chi connectivity index (χ0n) is 11.5. The van der Waals surface area contributed by atoms with Gasteiger partial charge in [0, 0.05) is 24.6 Å². The molecular formula is C15H16ClN3O. The van der Waals surface area contributed by atoms with Crippen LogP contribution in [0.15, 0.2) is 36.7 Å². The van der Waals surface area contributed by atoms with E-state index in [0.29, 0.717) is 23.7 Å². The Morgan fingerprint density at radius 3 is 2.75 bits per heavy atom. The lowest BCUT2D eigenvalue weighted by atomic mass is 10.2. The first-order valence-electron chi connectivity index (χ1n) is 6.43. The largest absolute Gasteiger partial charge is 0.333 e. The van der Waals surface area contributed by atoms with Gasteiger partial charge in [-0.1, -0.05) is 17.7 Å². The SMILES string of the molecule is CCN(Cc1ccccn1)C(=O)c1cnc(C)cc1Cl. The summed E-state index contributed by atoms with van der Waals surface area (Å²) in [6, 6.07) is 7.35. The summed E-state index contributed by atoms with van der Waals surface area (Å²) >= 11 is 6.13. The fourth-order valence-corrected chi connectivity index (χ4v) is 2.16. The van der Waals surface area contributed by atoms with Crippen LogP contribution in [0.3, 0.4) is 0 Å². The van der Waals surface area contributed by atoms with E-state index in [1.165, 1.54) is 6.20 Å². The fraction of sp³-hybridized carbons (Fsp3) is 0.267. The summed E-state index contributed by atoms with van der Waals surface area (Å²) in [5.74, 6) is -0.129. The van der Waals surface area contributed by atoms with Gasteiger partial charge in [-0.2, -0.15) is 0 Å². The Balaban J connectivity index is 2.21. The highest BCUT2D eigenvalue weighted by molar-refractivity contribution is 6.33. The van der Waals surface area contributed by atoms with Crippen molar-refractivity contribution in [2.45, 2.75) is 20.4 Å². The number of amides is 1. The summed E-state index contributed by atoms with van der Waals surface area (Å²) in [5, 5.41) is 0.432. The molecule has 4 nitrogen and oxygen atoms in total. The summed E-state index contributed by atoms with van der Waals surface area (Å²) in [7, 11) is 0. The van der Waals surface area contributed by atoms with Gasteiger partial charge >= 0.3 is 0 Å². The molecule has 0 aromatic carbocycles. The minimum absolute atomic E-state index is 0.129. The van der Waals surface area contributed by atoms with Crippen molar-refractivity contribution < 1.29 is 4.79 Å². The predicted octanol–water partition coefficient (Wildman–Crippen LogP) is 3.10. The molecule has 0 bridgehead atoms. The molecule has 0 saturated carbocycles. The van der Waals surface area contributed by atoms with Crippen LogP contribution in [-0.2, 0) is 6.54 Å². The number of hydrogen-bond donors (Lipinski definition) is 0. The van der Waals surface area contributed by atoms with Crippen molar-refractivity contribution in [3.05, 3.63) is 58.6 Å². The van der Waals surface area contributed by atoms with Crippen molar-refractivity contribution in [3.63, 3.8) is 0 Å². The van der Waals surface area contributed by atoms with Gasteiger partial charge in [0.25, 0.3) is 5.91 Å². The predicted molar refractivity (Wildman–Crippen MR) is 78.6 cm³/mol. The lowest BCUT2D eigenvalue weighted by Crippen LogP contribution is -2.31. The first-order valence-corrected chi connectivity index (χ1v) is 6.81. The zero-order chi connectivity index (χ0) is 14.5. The van der Waals surface area contributed by atoms with E-state index in [1.54, 1.807) is 17.2 Å². The molecule has 0 aliphatic rings. The summed E-state index contributed by atoms with van der Waals surface area (Å²) in [6.45, 7) is 4.81. The van der Waals surface area contributed by atoms with E-state index in [-0.39, 0.29) is 5.91 Å².